The minimum atomic E-state index is -3.32. The minimum Gasteiger partial charge on any atom is -0.487 e. The topological polar surface area (TPSA) is 110 Å². The predicted molar refractivity (Wildman–Crippen MR) is 158 cm³/mol. The van der Waals surface area contributed by atoms with Gasteiger partial charge in [0, 0.05) is 21.6 Å². The second kappa shape index (κ2) is 11.1. The van der Waals surface area contributed by atoms with E-state index < -0.39 is 32.5 Å². The molecule has 0 saturated heterocycles. The molecule has 2 saturated carbocycles. The normalized spacial score (nSPS) is 21.3. The smallest absolute Gasteiger partial charge is 0.327 e. The molecule has 0 aromatic heterocycles. The summed E-state index contributed by atoms with van der Waals surface area (Å²) < 4.78 is 29.1. The van der Waals surface area contributed by atoms with Crippen molar-refractivity contribution in [2.75, 3.05) is 6.26 Å². The van der Waals surface area contributed by atoms with Crippen LogP contribution in [-0.4, -0.2) is 47.7 Å². The predicted octanol–water partition coefficient (Wildman–Crippen LogP) is 5.71. The van der Waals surface area contributed by atoms with E-state index in [1.807, 2.05) is 44.2 Å². The van der Waals surface area contributed by atoms with Crippen LogP contribution in [0, 0.1) is 11.8 Å². The number of amides is 1. The SMILES string of the molecule is CC(C)(SC1CC2CCC1C2)C(NC(=O)c1ccc2ccccc2c1OCc1ccc(S(C)(=O)=O)cc1)C(=O)O. The van der Waals surface area contributed by atoms with Crippen molar-refractivity contribution >= 4 is 44.2 Å². The molecular weight excluding hydrogens is 546 g/mol. The lowest BCUT2D eigenvalue weighted by Crippen LogP contribution is -2.53. The molecule has 0 spiro atoms. The molecule has 2 aliphatic carbocycles. The fraction of sp³-hybridized carbons (Fsp3) is 0.419. The molecule has 9 heteroatoms. The van der Waals surface area contributed by atoms with Crippen molar-refractivity contribution in [3.8, 4) is 5.75 Å². The van der Waals surface area contributed by atoms with Gasteiger partial charge in [-0.25, -0.2) is 13.2 Å². The van der Waals surface area contributed by atoms with Gasteiger partial charge in [-0.15, -0.1) is 11.8 Å². The Morgan fingerprint density at radius 3 is 2.40 bits per heavy atom. The highest BCUT2D eigenvalue weighted by molar-refractivity contribution is 8.01. The van der Waals surface area contributed by atoms with Gasteiger partial charge in [-0.1, -0.05) is 48.9 Å². The standard InChI is InChI=1S/C31H35NO6S2/c1-31(2,39-26-17-20-8-11-22(26)16-20)28(30(34)35)32-29(33)25-15-12-21-6-4-5-7-24(21)27(25)38-18-19-9-13-23(14-10-19)40(3,36)37/h4-7,9-10,12-15,20,22,26,28H,8,11,16-18H2,1-3H3,(H,32,33)(H,34,35). The summed E-state index contributed by atoms with van der Waals surface area (Å²) in [5.74, 6) is 0.151. The van der Waals surface area contributed by atoms with Gasteiger partial charge in [0.15, 0.2) is 9.84 Å². The van der Waals surface area contributed by atoms with Crippen LogP contribution < -0.4 is 10.1 Å². The van der Waals surface area contributed by atoms with E-state index in [1.54, 1.807) is 30.0 Å². The maximum atomic E-state index is 13.7. The van der Waals surface area contributed by atoms with Gasteiger partial charge in [0.05, 0.1) is 10.5 Å². The van der Waals surface area contributed by atoms with Gasteiger partial charge in [0.2, 0.25) is 0 Å². The van der Waals surface area contributed by atoms with Crippen molar-refractivity contribution in [1.29, 1.82) is 0 Å². The van der Waals surface area contributed by atoms with Crippen molar-refractivity contribution < 1.29 is 27.9 Å². The molecule has 2 aliphatic rings. The molecule has 1 amide bonds. The quantitative estimate of drug-likeness (QED) is 0.316. The highest BCUT2D eigenvalue weighted by Gasteiger charge is 2.46. The number of rotatable bonds is 10. The van der Waals surface area contributed by atoms with Crippen LogP contribution in [0.3, 0.4) is 0 Å². The average Bonchev–Trinajstić information content (AvgIpc) is 3.52. The van der Waals surface area contributed by atoms with Crippen LogP contribution in [0.4, 0.5) is 0 Å². The Hall–Kier alpha value is -3.04. The van der Waals surface area contributed by atoms with Crippen LogP contribution >= 0.6 is 11.8 Å². The summed E-state index contributed by atoms with van der Waals surface area (Å²) in [6.07, 6.45) is 5.98. The van der Waals surface area contributed by atoms with Crippen molar-refractivity contribution in [3.05, 3.63) is 71.8 Å². The fourth-order valence-corrected chi connectivity index (χ4v) is 8.61. The zero-order chi connectivity index (χ0) is 28.7. The number of thioether (sulfide) groups is 1. The lowest BCUT2D eigenvalue weighted by Gasteiger charge is -2.36. The summed E-state index contributed by atoms with van der Waals surface area (Å²) >= 11 is 1.69. The summed E-state index contributed by atoms with van der Waals surface area (Å²) in [5.41, 5.74) is 0.983. The number of fused-ring (bicyclic) bond motifs is 3. The first-order valence-electron chi connectivity index (χ1n) is 13.6. The molecule has 0 heterocycles. The Balaban J connectivity index is 1.39. The molecule has 4 unspecified atom stereocenters. The molecular formula is C31H35NO6S2. The number of carboxylic acid groups (broad SMARTS) is 1. The van der Waals surface area contributed by atoms with E-state index in [1.165, 1.54) is 31.4 Å². The van der Waals surface area contributed by atoms with Gasteiger partial charge in [-0.3, -0.25) is 4.79 Å². The Kier molecular flexibility index (Phi) is 7.90. The third-order valence-corrected chi connectivity index (χ3v) is 11.1. The van der Waals surface area contributed by atoms with Crippen LogP contribution in [0.5, 0.6) is 5.75 Å². The maximum absolute atomic E-state index is 13.7. The molecule has 7 nitrogen and oxygen atoms in total. The van der Waals surface area contributed by atoms with E-state index >= 15 is 0 Å². The Bertz CT molecular complexity index is 1530. The van der Waals surface area contributed by atoms with E-state index in [-0.39, 0.29) is 17.1 Å². The molecule has 0 radical (unpaired) electrons. The zero-order valence-corrected chi connectivity index (χ0v) is 24.6. The van der Waals surface area contributed by atoms with E-state index in [0.29, 0.717) is 16.9 Å². The minimum absolute atomic E-state index is 0.103. The highest BCUT2D eigenvalue weighted by Crippen LogP contribution is 2.52. The van der Waals surface area contributed by atoms with Gasteiger partial charge in [-0.05, 0) is 74.1 Å². The monoisotopic (exact) mass is 581 g/mol. The number of benzene rings is 3. The Labute approximate surface area is 239 Å². The zero-order valence-electron chi connectivity index (χ0n) is 22.9. The number of aliphatic carboxylic acids is 1. The fourth-order valence-electron chi connectivity index (χ4n) is 6.10. The first-order chi connectivity index (χ1) is 18.9. The van der Waals surface area contributed by atoms with Gasteiger partial charge in [0.25, 0.3) is 5.91 Å². The van der Waals surface area contributed by atoms with Crippen LogP contribution in [0.25, 0.3) is 10.8 Å². The maximum Gasteiger partial charge on any atom is 0.327 e. The number of nitrogens with one attached hydrogen (secondary N) is 1. The number of carboxylic acids is 1. The largest absolute Gasteiger partial charge is 0.487 e. The van der Waals surface area contributed by atoms with Crippen molar-refractivity contribution in [1.82, 2.24) is 5.32 Å². The lowest BCUT2D eigenvalue weighted by atomic mass is 10.00. The van der Waals surface area contributed by atoms with Gasteiger partial charge < -0.3 is 15.2 Å². The molecule has 5 rings (SSSR count). The molecule has 212 valence electrons. The summed E-state index contributed by atoms with van der Waals surface area (Å²) in [6.45, 7) is 3.91. The molecule has 2 N–H and O–H groups in total. The summed E-state index contributed by atoms with van der Waals surface area (Å²) in [4.78, 5) is 26.3. The van der Waals surface area contributed by atoms with Crippen molar-refractivity contribution in [2.45, 2.75) is 67.1 Å². The van der Waals surface area contributed by atoms with Crippen molar-refractivity contribution in [2.24, 2.45) is 11.8 Å². The number of hydrogen-bond acceptors (Lipinski definition) is 6. The molecule has 3 aromatic rings. The number of sulfone groups is 1. The van der Waals surface area contributed by atoms with Crippen LogP contribution in [-0.2, 0) is 21.2 Å². The molecule has 4 atom stereocenters. The van der Waals surface area contributed by atoms with Gasteiger partial charge >= 0.3 is 5.97 Å². The van der Waals surface area contributed by atoms with Crippen LogP contribution in [0.15, 0.2) is 65.6 Å². The number of carbonyl (C=O) groups excluding carboxylic acids is 1. The van der Waals surface area contributed by atoms with Crippen LogP contribution in [0.1, 0.15) is 55.5 Å². The molecule has 3 aromatic carbocycles. The van der Waals surface area contributed by atoms with E-state index in [9.17, 15) is 23.1 Å². The Morgan fingerprint density at radius 1 is 1.05 bits per heavy atom. The molecule has 2 bridgehead atoms. The third-order valence-electron chi connectivity index (χ3n) is 8.20. The molecule has 40 heavy (non-hydrogen) atoms. The number of ether oxygens (including phenoxy) is 1. The lowest BCUT2D eigenvalue weighted by molar-refractivity contribution is -0.139. The second-order valence-electron chi connectivity index (χ2n) is 11.5. The highest BCUT2D eigenvalue weighted by atomic mass is 32.2. The summed E-state index contributed by atoms with van der Waals surface area (Å²) in [5, 5.41) is 15.0. The Morgan fingerprint density at radius 2 is 1.77 bits per heavy atom. The van der Waals surface area contributed by atoms with Crippen LogP contribution in [0.2, 0.25) is 0 Å². The van der Waals surface area contributed by atoms with Gasteiger partial charge in [0.1, 0.15) is 18.4 Å². The second-order valence-corrected chi connectivity index (χ2v) is 15.5. The number of hydrogen-bond donors (Lipinski definition) is 2. The van der Waals surface area contributed by atoms with Gasteiger partial charge in [-0.2, -0.15) is 0 Å². The van der Waals surface area contributed by atoms with E-state index in [4.69, 9.17) is 4.74 Å². The van der Waals surface area contributed by atoms with E-state index in [0.717, 1.165) is 34.9 Å². The first kappa shape index (κ1) is 28.5. The summed E-state index contributed by atoms with van der Waals surface area (Å²) in [7, 11) is -3.32. The first-order valence-corrected chi connectivity index (χ1v) is 16.3. The van der Waals surface area contributed by atoms with Crippen molar-refractivity contribution in [3.63, 3.8) is 0 Å². The number of carbonyl (C=O) groups is 2. The third kappa shape index (κ3) is 6.00. The summed E-state index contributed by atoms with van der Waals surface area (Å²) in [6, 6.07) is 16.3. The average molecular weight is 582 g/mol. The van der Waals surface area contributed by atoms with E-state index in [2.05, 4.69) is 5.32 Å². The molecule has 2 fully saturated rings. The molecule has 0 aliphatic heterocycles.